The fourth-order valence-corrected chi connectivity index (χ4v) is 3.91. The molecule has 0 unspecified atom stereocenters. The van der Waals surface area contributed by atoms with Crippen molar-refractivity contribution in [3.63, 3.8) is 0 Å². The molecule has 1 N–H and O–H groups in total. The largest absolute Gasteiger partial charge is 0.493 e. The second kappa shape index (κ2) is 8.43. The highest BCUT2D eigenvalue weighted by atomic mass is 16.5. The Morgan fingerprint density at radius 3 is 2.59 bits per heavy atom. The molecule has 2 heterocycles. The topological polar surface area (TPSA) is 76.8 Å². The lowest BCUT2D eigenvalue weighted by atomic mass is 9.93. The van der Waals surface area contributed by atoms with Gasteiger partial charge in [0.2, 0.25) is 0 Å². The van der Waals surface area contributed by atoms with Crippen LogP contribution in [0.25, 0.3) is 0 Å². The third-order valence-corrected chi connectivity index (χ3v) is 5.22. The van der Waals surface area contributed by atoms with Crippen molar-refractivity contribution < 1.29 is 19.4 Å². The monoisotopic (exact) mass is 373 g/mol. The van der Waals surface area contributed by atoms with E-state index in [4.69, 9.17) is 9.47 Å². The molecule has 7 nitrogen and oxygen atoms in total. The summed E-state index contributed by atoms with van der Waals surface area (Å²) in [6.45, 7) is 4.32. The standard InChI is InChI=1S/C20H27N3O4/c1-14-10-16(19(27-3)17(11-14)26-2)18(20(24)25)23-7-4-15(5-8-23)12-22-9-6-21-13-22/h6,9-11,13,15,18H,4-5,7-8,12H2,1-3H3,(H,24,25)/t18-/m1/s1. The van der Waals surface area contributed by atoms with Crippen LogP contribution < -0.4 is 9.47 Å². The molecular formula is C20H27N3O4. The van der Waals surface area contributed by atoms with Crippen molar-refractivity contribution >= 4 is 5.97 Å². The molecule has 27 heavy (non-hydrogen) atoms. The van der Waals surface area contributed by atoms with Gasteiger partial charge >= 0.3 is 5.97 Å². The molecule has 0 bridgehead atoms. The SMILES string of the molecule is COc1cc(C)cc([C@H](C(=O)O)N2CCC(Cn3ccnc3)CC2)c1OC. The van der Waals surface area contributed by atoms with Gasteiger partial charge in [-0.1, -0.05) is 0 Å². The Morgan fingerprint density at radius 1 is 1.30 bits per heavy atom. The number of carbonyl (C=O) groups is 1. The molecule has 146 valence electrons. The smallest absolute Gasteiger partial charge is 0.325 e. The Kier molecular flexibility index (Phi) is 6.01. The molecule has 1 aromatic heterocycles. The first-order chi connectivity index (χ1) is 13.0. The maximum absolute atomic E-state index is 12.2. The molecule has 0 aliphatic carbocycles. The average molecular weight is 373 g/mol. The predicted octanol–water partition coefficient (Wildman–Crippen LogP) is 2.75. The quantitative estimate of drug-likeness (QED) is 0.804. The molecule has 0 saturated carbocycles. The molecule has 7 heteroatoms. The van der Waals surface area contributed by atoms with Gasteiger partial charge < -0.3 is 19.1 Å². The Morgan fingerprint density at radius 2 is 2.04 bits per heavy atom. The summed E-state index contributed by atoms with van der Waals surface area (Å²) in [6, 6.07) is 3.00. The minimum atomic E-state index is -0.867. The van der Waals surface area contributed by atoms with Crippen molar-refractivity contribution in [3.8, 4) is 11.5 Å². The van der Waals surface area contributed by atoms with Gasteiger partial charge in [-0.3, -0.25) is 9.69 Å². The molecule has 1 aromatic carbocycles. The van der Waals surface area contributed by atoms with Gasteiger partial charge in [-0.25, -0.2) is 4.98 Å². The van der Waals surface area contributed by atoms with E-state index in [0.29, 0.717) is 23.0 Å². The second-order valence-corrected chi connectivity index (χ2v) is 7.07. The number of aliphatic carboxylic acids is 1. The molecule has 1 fully saturated rings. The molecule has 0 radical (unpaired) electrons. The van der Waals surface area contributed by atoms with Gasteiger partial charge in [-0.15, -0.1) is 0 Å². The number of nitrogens with zero attached hydrogens (tertiary/aromatic N) is 3. The summed E-state index contributed by atoms with van der Waals surface area (Å²) in [5, 5.41) is 9.98. The van der Waals surface area contributed by atoms with Crippen LogP contribution in [0.5, 0.6) is 11.5 Å². The van der Waals surface area contributed by atoms with Gasteiger partial charge in [-0.05, 0) is 56.5 Å². The first-order valence-corrected chi connectivity index (χ1v) is 9.18. The molecule has 0 spiro atoms. The first-order valence-electron chi connectivity index (χ1n) is 9.18. The van der Waals surface area contributed by atoms with Crippen LogP contribution in [0, 0.1) is 12.8 Å². The summed E-state index contributed by atoms with van der Waals surface area (Å²) in [5.41, 5.74) is 1.60. The summed E-state index contributed by atoms with van der Waals surface area (Å²) < 4.78 is 13.0. The Bertz CT molecular complexity index is 768. The van der Waals surface area contributed by atoms with Crippen LogP contribution in [0.1, 0.15) is 30.0 Å². The number of methoxy groups -OCH3 is 2. The summed E-state index contributed by atoms with van der Waals surface area (Å²) in [4.78, 5) is 18.3. The van der Waals surface area contributed by atoms with E-state index in [9.17, 15) is 9.90 Å². The second-order valence-electron chi connectivity index (χ2n) is 7.07. The van der Waals surface area contributed by atoms with E-state index in [0.717, 1.165) is 38.0 Å². The van der Waals surface area contributed by atoms with Crippen molar-refractivity contribution in [1.82, 2.24) is 14.5 Å². The van der Waals surface area contributed by atoms with Crippen LogP contribution in [-0.4, -0.2) is 52.8 Å². The van der Waals surface area contributed by atoms with Crippen LogP contribution >= 0.6 is 0 Å². The van der Waals surface area contributed by atoms with Crippen molar-refractivity contribution in [2.45, 2.75) is 32.4 Å². The number of aryl methyl sites for hydroxylation is 1. The maximum atomic E-state index is 12.2. The Hall–Kier alpha value is -2.54. The van der Waals surface area contributed by atoms with Crippen LogP contribution in [0.2, 0.25) is 0 Å². The van der Waals surface area contributed by atoms with E-state index in [2.05, 4.69) is 9.55 Å². The number of hydrogen-bond acceptors (Lipinski definition) is 5. The van der Waals surface area contributed by atoms with Crippen LogP contribution in [-0.2, 0) is 11.3 Å². The molecule has 2 aromatic rings. The lowest BCUT2D eigenvalue weighted by Gasteiger charge is -2.36. The summed E-state index contributed by atoms with van der Waals surface area (Å²) in [7, 11) is 3.12. The molecule has 3 rings (SSSR count). The van der Waals surface area contributed by atoms with Crippen molar-refractivity contribution in [3.05, 3.63) is 42.0 Å². The number of benzene rings is 1. The zero-order valence-corrected chi connectivity index (χ0v) is 16.1. The maximum Gasteiger partial charge on any atom is 0.325 e. The van der Waals surface area contributed by atoms with Crippen molar-refractivity contribution in [1.29, 1.82) is 0 Å². The van der Waals surface area contributed by atoms with Crippen LogP contribution in [0.15, 0.2) is 30.9 Å². The first kappa shape index (κ1) is 19.2. The number of aromatic nitrogens is 2. The number of carboxylic acids is 1. The highest BCUT2D eigenvalue weighted by Gasteiger charge is 2.34. The Labute approximate surface area is 159 Å². The summed E-state index contributed by atoms with van der Waals surface area (Å²) in [6.07, 6.45) is 7.49. The number of piperidine rings is 1. The normalized spacial score (nSPS) is 16.9. The van der Waals surface area contributed by atoms with Crippen LogP contribution in [0.4, 0.5) is 0 Å². The minimum absolute atomic E-state index is 0.496. The zero-order valence-electron chi connectivity index (χ0n) is 16.1. The molecule has 1 aliphatic heterocycles. The number of imidazole rings is 1. The van der Waals surface area contributed by atoms with Crippen LogP contribution in [0.3, 0.4) is 0 Å². The number of rotatable bonds is 7. The number of likely N-dealkylation sites (tertiary alicyclic amines) is 1. The van der Waals surface area contributed by atoms with E-state index >= 15 is 0 Å². The third-order valence-electron chi connectivity index (χ3n) is 5.22. The van der Waals surface area contributed by atoms with Gasteiger partial charge in [-0.2, -0.15) is 0 Å². The average Bonchev–Trinajstić information content (AvgIpc) is 3.15. The Balaban J connectivity index is 1.79. The minimum Gasteiger partial charge on any atom is -0.493 e. The van der Waals surface area contributed by atoms with Gasteiger partial charge in [0.25, 0.3) is 0 Å². The van der Waals surface area contributed by atoms with Gasteiger partial charge in [0, 0.05) is 24.5 Å². The predicted molar refractivity (Wildman–Crippen MR) is 101 cm³/mol. The van der Waals surface area contributed by atoms with E-state index in [1.54, 1.807) is 20.4 Å². The number of hydrogen-bond donors (Lipinski definition) is 1. The molecule has 0 amide bonds. The lowest BCUT2D eigenvalue weighted by molar-refractivity contribution is -0.144. The fraction of sp³-hybridized carbons (Fsp3) is 0.500. The highest BCUT2D eigenvalue weighted by molar-refractivity contribution is 5.77. The molecular weight excluding hydrogens is 346 g/mol. The fourth-order valence-electron chi connectivity index (χ4n) is 3.91. The van der Waals surface area contributed by atoms with Gasteiger partial charge in [0.05, 0.1) is 20.5 Å². The third kappa shape index (κ3) is 4.24. The van der Waals surface area contributed by atoms with E-state index in [-0.39, 0.29) is 0 Å². The molecule has 1 atom stereocenters. The van der Waals surface area contributed by atoms with Gasteiger partial charge in [0.15, 0.2) is 11.5 Å². The van der Waals surface area contributed by atoms with Crippen molar-refractivity contribution in [2.24, 2.45) is 5.92 Å². The van der Waals surface area contributed by atoms with E-state index < -0.39 is 12.0 Å². The zero-order chi connectivity index (χ0) is 19.4. The van der Waals surface area contributed by atoms with Crippen molar-refractivity contribution in [2.75, 3.05) is 27.3 Å². The summed E-state index contributed by atoms with van der Waals surface area (Å²) >= 11 is 0. The highest BCUT2D eigenvalue weighted by Crippen LogP contribution is 2.39. The van der Waals surface area contributed by atoms with Gasteiger partial charge in [0.1, 0.15) is 6.04 Å². The summed E-state index contributed by atoms with van der Waals surface area (Å²) in [5.74, 6) is 0.720. The van der Waals surface area contributed by atoms with E-state index in [1.807, 2.05) is 36.5 Å². The number of carboxylic acid groups (broad SMARTS) is 1. The molecule has 1 aliphatic rings. The number of ether oxygens (including phenoxy) is 2. The lowest BCUT2D eigenvalue weighted by Crippen LogP contribution is -2.41. The molecule has 1 saturated heterocycles. The van der Waals surface area contributed by atoms with E-state index in [1.165, 1.54) is 0 Å².